The summed E-state index contributed by atoms with van der Waals surface area (Å²) in [4.78, 5) is 8.60. The van der Waals surface area contributed by atoms with Crippen LogP contribution in [0, 0.1) is 0 Å². The number of hydrogen-bond donors (Lipinski definition) is 0. The number of nitrogens with zero attached hydrogens (tertiary/aromatic N) is 4. The molecule has 0 unspecified atom stereocenters. The van der Waals surface area contributed by atoms with Crippen LogP contribution in [0.1, 0.15) is 12.8 Å². The van der Waals surface area contributed by atoms with Crippen LogP contribution in [0.15, 0.2) is 46.3 Å². The molecule has 2 aliphatic rings. The van der Waals surface area contributed by atoms with Crippen LogP contribution < -0.4 is 0 Å². The summed E-state index contributed by atoms with van der Waals surface area (Å²) in [7, 11) is 3.32. The largest absolute Gasteiger partial charge is 0.361 e. The third-order valence-corrected chi connectivity index (χ3v) is 4.87. The van der Waals surface area contributed by atoms with E-state index < -0.39 is 0 Å². The second-order valence-corrected chi connectivity index (χ2v) is 5.91. The Hall–Kier alpha value is -1.29. The molecule has 0 bridgehead atoms. The Balaban J connectivity index is 0.00000180. The predicted octanol–water partition coefficient (Wildman–Crippen LogP) is 3.82. The maximum absolute atomic E-state index is 8.60. The molecule has 0 radical (unpaired) electrons. The van der Waals surface area contributed by atoms with Crippen LogP contribution >= 0.6 is 34.0 Å². The van der Waals surface area contributed by atoms with Crippen LogP contribution in [0.2, 0.25) is 0 Å². The maximum Gasteiger partial charge on any atom is 0.295 e. The van der Waals surface area contributed by atoms with E-state index in [1.807, 2.05) is 36.5 Å². The molecule has 0 aromatic rings. The van der Waals surface area contributed by atoms with Gasteiger partial charge in [-0.3, -0.25) is 0 Å². The average molecular weight is 311 g/mol. The van der Waals surface area contributed by atoms with Crippen LogP contribution in [0.3, 0.4) is 0 Å². The van der Waals surface area contributed by atoms with E-state index in [1.54, 1.807) is 21.6 Å². The zero-order valence-corrected chi connectivity index (χ0v) is 12.3. The van der Waals surface area contributed by atoms with E-state index in [0.717, 1.165) is 9.81 Å². The van der Waals surface area contributed by atoms with Crippen LogP contribution in [0.4, 0.5) is 0 Å². The summed E-state index contributed by atoms with van der Waals surface area (Å²) in [5.41, 5.74) is 18.6. The normalized spacial score (nSPS) is 17.1. The number of rotatable bonds is 3. The maximum atomic E-state index is 8.60. The second-order valence-electron chi connectivity index (χ2n) is 3.64. The zero-order chi connectivity index (χ0) is 12.8. The number of allylic oxidation sites excluding steroid dienone is 6. The molecule has 0 heterocycles. The van der Waals surface area contributed by atoms with Crippen LogP contribution in [-0.2, 0) is 0 Å². The fourth-order valence-corrected chi connectivity index (χ4v) is 3.47. The second kappa shape index (κ2) is 8.00. The molecule has 0 spiro atoms. The van der Waals surface area contributed by atoms with Gasteiger partial charge in [0.1, 0.15) is 0 Å². The van der Waals surface area contributed by atoms with Gasteiger partial charge in [-0.15, -0.1) is 12.4 Å². The van der Waals surface area contributed by atoms with Crippen molar-refractivity contribution in [3.63, 3.8) is 0 Å². The number of hydrogen-bond acceptors (Lipinski definition) is 2. The molecule has 2 rings (SSSR count). The minimum Gasteiger partial charge on any atom is -0.361 e. The van der Waals surface area contributed by atoms with E-state index >= 15 is 0 Å². The van der Waals surface area contributed by atoms with Gasteiger partial charge >= 0.3 is 0 Å². The van der Waals surface area contributed by atoms with Crippen LogP contribution in [0.5, 0.6) is 0 Å². The molecule has 98 valence electrons. The van der Waals surface area contributed by atoms with Crippen molar-refractivity contribution in [2.24, 2.45) is 0 Å². The highest BCUT2D eigenvalue weighted by atomic mass is 35.5. The third-order valence-electron chi connectivity index (χ3n) is 2.40. The lowest BCUT2D eigenvalue weighted by Crippen LogP contribution is -1.97. The summed E-state index contributed by atoms with van der Waals surface area (Å²) in [6.07, 6.45) is 12.9. The van der Waals surface area contributed by atoms with Crippen molar-refractivity contribution < 1.29 is 9.58 Å². The van der Waals surface area contributed by atoms with Gasteiger partial charge in [0.25, 0.3) is 11.4 Å². The minimum absolute atomic E-state index is 0. The van der Waals surface area contributed by atoms with Gasteiger partial charge in [-0.05, 0) is 12.2 Å². The van der Waals surface area contributed by atoms with E-state index in [2.05, 4.69) is 9.58 Å². The SMILES string of the molecule is Cl.[N-]=[N+]=C1C=CC(SSC2=CCC(=[N+]=[N-])C=C2)=CC1. The summed E-state index contributed by atoms with van der Waals surface area (Å²) in [6, 6.07) is 0. The first-order valence-corrected chi connectivity index (χ1v) is 7.49. The van der Waals surface area contributed by atoms with Crippen molar-refractivity contribution >= 4 is 45.4 Å². The van der Waals surface area contributed by atoms with Crippen molar-refractivity contribution in [1.29, 1.82) is 0 Å². The molecular weight excluding hydrogens is 300 g/mol. The minimum atomic E-state index is 0. The fraction of sp³-hybridized carbons (Fsp3) is 0.167. The standard InChI is InChI=1S/C12H10N4S2.ClH/c13-15-9-1-5-11(6-2-9)17-18-12-7-3-10(16-14)4-8-12;/h1,3,5-8H,2,4H2;1H. The molecule has 19 heavy (non-hydrogen) atoms. The van der Waals surface area contributed by atoms with E-state index in [9.17, 15) is 0 Å². The quantitative estimate of drug-likeness (QED) is 0.451. The molecular formula is C12H11ClN4S2. The van der Waals surface area contributed by atoms with Gasteiger partial charge in [0, 0.05) is 22.0 Å². The summed E-state index contributed by atoms with van der Waals surface area (Å²) in [5.74, 6) is 0. The van der Waals surface area contributed by atoms with E-state index in [4.69, 9.17) is 11.1 Å². The smallest absolute Gasteiger partial charge is 0.295 e. The highest BCUT2D eigenvalue weighted by Crippen LogP contribution is 2.39. The van der Waals surface area contributed by atoms with Crippen molar-refractivity contribution in [3.05, 3.63) is 57.3 Å². The van der Waals surface area contributed by atoms with Gasteiger partial charge in [0.2, 0.25) is 0 Å². The number of halogens is 1. The molecule has 0 fully saturated rings. The Morgan fingerprint density at radius 3 is 1.47 bits per heavy atom. The van der Waals surface area contributed by atoms with Crippen molar-refractivity contribution in [2.75, 3.05) is 0 Å². The predicted molar refractivity (Wildman–Crippen MR) is 83.4 cm³/mol. The zero-order valence-electron chi connectivity index (χ0n) is 9.89. The van der Waals surface area contributed by atoms with Gasteiger partial charge < -0.3 is 11.1 Å². The molecule has 0 aromatic carbocycles. The van der Waals surface area contributed by atoms with E-state index in [0.29, 0.717) is 24.3 Å². The lowest BCUT2D eigenvalue weighted by molar-refractivity contribution is -0.00586. The first kappa shape index (κ1) is 15.8. The summed E-state index contributed by atoms with van der Waals surface area (Å²) in [6.45, 7) is 0. The lowest BCUT2D eigenvalue weighted by atomic mass is 10.2. The van der Waals surface area contributed by atoms with Crippen LogP contribution in [-0.4, -0.2) is 21.0 Å². The lowest BCUT2D eigenvalue weighted by Gasteiger charge is -2.06. The fourth-order valence-electron chi connectivity index (χ4n) is 1.41. The highest BCUT2D eigenvalue weighted by molar-refractivity contribution is 8.79. The van der Waals surface area contributed by atoms with Gasteiger partial charge in [0.15, 0.2) is 0 Å². The average Bonchev–Trinajstić information content (AvgIpc) is 2.46. The Bertz CT molecular complexity index is 525. The van der Waals surface area contributed by atoms with Crippen molar-refractivity contribution in [1.82, 2.24) is 0 Å². The molecule has 0 aliphatic heterocycles. The van der Waals surface area contributed by atoms with Gasteiger partial charge in [-0.2, -0.15) is 9.58 Å². The van der Waals surface area contributed by atoms with Crippen molar-refractivity contribution in [3.8, 4) is 0 Å². The first-order chi connectivity index (χ1) is 8.81. The molecule has 2 aliphatic carbocycles. The monoisotopic (exact) mass is 310 g/mol. The first-order valence-electron chi connectivity index (χ1n) is 5.34. The van der Waals surface area contributed by atoms with E-state index in [-0.39, 0.29) is 12.4 Å². The van der Waals surface area contributed by atoms with Gasteiger partial charge in [-0.1, -0.05) is 33.7 Å². The van der Waals surface area contributed by atoms with Crippen molar-refractivity contribution in [2.45, 2.75) is 12.8 Å². The summed E-state index contributed by atoms with van der Waals surface area (Å²) < 4.78 is 0. The van der Waals surface area contributed by atoms with Crippen LogP contribution in [0.25, 0.3) is 11.1 Å². The Labute approximate surface area is 125 Å². The van der Waals surface area contributed by atoms with E-state index in [1.165, 1.54) is 0 Å². The van der Waals surface area contributed by atoms with Gasteiger partial charge in [-0.25, -0.2) is 0 Å². The molecule has 0 N–H and O–H groups in total. The molecule has 0 saturated carbocycles. The summed E-state index contributed by atoms with van der Waals surface area (Å²) >= 11 is 0. The molecule has 0 saturated heterocycles. The molecule has 4 nitrogen and oxygen atoms in total. The summed E-state index contributed by atoms with van der Waals surface area (Å²) in [5, 5.41) is 0. The Morgan fingerprint density at radius 2 is 1.21 bits per heavy atom. The highest BCUT2D eigenvalue weighted by Gasteiger charge is 2.11. The topological polar surface area (TPSA) is 72.8 Å². The Kier molecular flexibility index (Phi) is 6.64. The van der Waals surface area contributed by atoms with Gasteiger partial charge in [0.05, 0.1) is 12.8 Å². The molecule has 0 atom stereocenters. The molecule has 7 heteroatoms. The molecule has 0 amide bonds. The molecule has 0 aromatic heterocycles. The third kappa shape index (κ3) is 4.71. The Morgan fingerprint density at radius 1 is 0.789 bits per heavy atom.